The fraction of sp³-hybridized carbons (Fsp3) is 0.591. The lowest BCUT2D eigenvalue weighted by molar-refractivity contribution is -0.0284. The molecule has 3 rings (SSSR count). The molecule has 154 valence electrons. The van der Waals surface area contributed by atoms with Crippen LogP contribution in [0.4, 0.5) is 5.69 Å². The third kappa shape index (κ3) is 6.24. The van der Waals surface area contributed by atoms with Crippen molar-refractivity contribution < 1.29 is 4.74 Å². The van der Waals surface area contributed by atoms with Gasteiger partial charge in [-0.25, -0.2) is 0 Å². The van der Waals surface area contributed by atoms with E-state index in [4.69, 9.17) is 4.74 Å². The van der Waals surface area contributed by atoms with Gasteiger partial charge in [0.25, 0.3) is 0 Å². The number of nitrogens with one attached hydrogen (secondary N) is 2. The van der Waals surface area contributed by atoms with Crippen molar-refractivity contribution in [3.63, 3.8) is 0 Å². The van der Waals surface area contributed by atoms with Crippen molar-refractivity contribution in [2.45, 2.75) is 26.5 Å². The lowest BCUT2D eigenvalue weighted by atomic mass is 10.2. The van der Waals surface area contributed by atoms with Crippen LogP contribution in [0.3, 0.4) is 0 Å². The Balaban J connectivity index is 1.41. The fourth-order valence-electron chi connectivity index (χ4n) is 3.72. The van der Waals surface area contributed by atoms with Crippen LogP contribution >= 0.6 is 0 Å². The predicted molar refractivity (Wildman–Crippen MR) is 117 cm³/mol. The third-order valence-corrected chi connectivity index (χ3v) is 5.15. The van der Waals surface area contributed by atoms with Crippen molar-refractivity contribution in [3.8, 4) is 0 Å². The van der Waals surface area contributed by atoms with Gasteiger partial charge in [-0.3, -0.25) is 9.89 Å². The number of morpholine rings is 1. The quantitative estimate of drug-likeness (QED) is 0.428. The molecule has 28 heavy (non-hydrogen) atoms. The molecule has 0 aromatic heterocycles. The Morgan fingerprint density at radius 3 is 2.61 bits per heavy atom. The number of hydrogen-bond donors (Lipinski definition) is 2. The van der Waals surface area contributed by atoms with Gasteiger partial charge in [0.1, 0.15) is 0 Å². The molecule has 2 aliphatic heterocycles. The highest BCUT2D eigenvalue weighted by Gasteiger charge is 2.21. The molecule has 0 spiro atoms. The summed E-state index contributed by atoms with van der Waals surface area (Å²) in [7, 11) is 1.81. The Hall–Kier alpha value is -2.05. The highest BCUT2D eigenvalue weighted by Crippen LogP contribution is 2.17. The lowest BCUT2D eigenvalue weighted by Crippen LogP contribution is -2.50. The lowest BCUT2D eigenvalue weighted by Gasteiger charge is -2.34. The molecule has 2 heterocycles. The summed E-state index contributed by atoms with van der Waals surface area (Å²) in [5, 5.41) is 6.81. The van der Waals surface area contributed by atoms with E-state index in [1.807, 2.05) is 7.05 Å². The van der Waals surface area contributed by atoms with Crippen LogP contribution in [0.25, 0.3) is 0 Å². The first-order valence-corrected chi connectivity index (χ1v) is 10.4. The van der Waals surface area contributed by atoms with Crippen molar-refractivity contribution in [2.24, 2.45) is 10.9 Å². The summed E-state index contributed by atoms with van der Waals surface area (Å²) < 4.78 is 5.91. The van der Waals surface area contributed by atoms with E-state index in [0.29, 0.717) is 5.92 Å². The first kappa shape index (κ1) is 20.7. The number of ether oxygens (including phenoxy) is 1. The summed E-state index contributed by atoms with van der Waals surface area (Å²) >= 11 is 0. The van der Waals surface area contributed by atoms with Crippen LogP contribution in [-0.2, 0) is 11.3 Å². The minimum atomic E-state index is 0.208. The van der Waals surface area contributed by atoms with E-state index in [0.717, 1.165) is 58.4 Å². The maximum Gasteiger partial charge on any atom is 0.191 e. The highest BCUT2D eigenvalue weighted by atomic mass is 16.5. The molecule has 0 radical (unpaired) electrons. The molecular weight excluding hydrogens is 350 g/mol. The molecule has 1 saturated heterocycles. The van der Waals surface area contributed by atoms with Crippen molar-refractivity contribution in [3.05, 3.63) is 42.0 Å². The Morgan fingerprint density at radius 2 is 1.93 bits per heavy atom. The molecular formula is C22H35N5O. The van der Waals surface area contributed by atoms with E-state index in [2.05, 4.69) is 75.7 Å². The molecule has 0 aliphatic carbocycles. The molecule has 1 atom stereocenters. The normalized spacial score (nSPS) is 20.8. The van der Waals surface area contributed by atoms with Crippen LogP contribution in [0.1, 0.15) is 19.4 Å². The fourth-order valence-corrected chi connectivity index (χ4v) is 3.72. The molecule has 1 fully saturated rings. The Kier molecular flexibility index (Phi) is 7.74. The van der Waals surface area contributed by atoms with Crippen LogP contribution in [0, 0.1) is 5.92 Å². The van der Waals surface area contributed by atoms with Gasteiger partial charge in [0.2, 0.25) is 0 Å². The molecule has 1 aromatic rings. The molecule has 6 heteroatoms. The first-order valence-electron chi connectivity index (χ1n) is 10.4. The summed E-state index contributed by atoms with van der Waals surface area (Å²) in [5.74, 6) is 1.51. The van der Waals surface area contributed by atoms with E-state index in [1.54, 1.807) is 0 Å². The van der Waals surface area contributed by atoms with Gasteiger partial charge < -0.3 is 20.3 Å². The minimum absolute atomic E-state index is 0.208. The van der Waals surface area contributed by atoms with Gasteiger partial charge in [0, 0.05) is 58.5 Å². The number of benzene rings is 1. The highest BCUT2D eigenvalue weighted by molar-refractivity contribution is 5.79. The second-order valence-corrected chi connectivity index (χ2v) is 8.00. The zero-order valence-electron chi connectivity index (χ0n) is 17.5. The topological polar surface area (TPSA) is 52.1 Å². The van der Waals surface area contributed by atoms with Gasteiger partial charge >= 0.3 is 0 Å². The van der Waals surface area contributed by atoms with E-state index < -0.39 is 0 Å². The molecule has 2 N–H and O–H groups in total. The number of aliphatic imine (C=N–C) groups is 1. The van der Waals surface area contributed by atoms with Gasteiger partial charge in [-0.2, -0.15) is 0 Å². The van der Waals surface area contributed by atoms with Crippen LogP contribution in [0.15, 0.2) is 41.4 Å². The van der Waals surface area contributed by atoms with Crippen molar-refractivity contribution in [2.75, 3.05) is 57.8 Å². The Morgan fingerprint density at radius 1 is 1.18 bits per heavy atom. The van der Waals surface area contributed by atoms with Gasteiger partial charge in [0.05, 0.1) is 12.7 Å². The van der Waals surface area contributed by atoms with Crippen LogP contribution in [0.5, 0.6) is 0 Å². The summed E-state index contributed by atoms with van der Waals surface area (Å²) in [6.07, 6.45) is 4.63. The number of guanidine groups is 1. The third-order valence-electron chi connectivity index (χ3n) is 5.15. The first-order chi connectivity index (χ1) is 13.6. The average molecular weight is 386 g/mol. The largest absolute Gasteiger partial charge is 0.374 e. The van der Waals surface area contributed by atoms with Crippen LogP contribution < -0.4 is 15.5 Å². The molecule has 6 nitrogen and oxygen atoms in total. The molecule has 0 bridgehead atoms. The summed E-state index contributed by atoms with van der Waals surface area (Å²) in [4.78, 5) is 9.19. The van der Waals surface area contributed by atoms with Gasteiger partial charge in [-0.1, -0.05) is 38.1 Å². The van der Waals surface area contributed by atoms with Gasteiger partial charge in [0.15, 0.2) is 5.96 Å². The molecule has 2 aliphatic rings. The van der Waals surface area contributed by atoms with Gasteiger partial charge in [-0.15, -0.1) is 0 Å². The van der Waals surface area contributed by atoms with Crippen molar-refractivity contribution in [1.82, 2.24) is 15.5 Å². The second-order valence-electron chi connectivity index (χ2n) is 8.00. The smallest absolute Gasteiger partial charge is 0.191 e. The Labute approximate surface area is 169 Å². The van der Waals surface area contributed by atoms with E-state index in [1.165, 1.54) is 11.3 Å². The number of hydrogen-bond acceptors (Lipinski definition) is 4. The summed E-state index contributed by atoms with van der Waals surface area (Å²) in [6.45, 7) is 12.0. The number of nitrogens with zero attached hydrogens (tertiary/aromatic N) is 3. The van der Waals surface area contributed by atoms with E-state index in [9.17, 15) is 0 Å². The summed E-state index contributed by atoms with van der Waals surface area (Å²) in [5.41, 5.74) is 2.52. The zero-order valence-corrected chi connectivity index (χ0v) is 17.5. The second kappa shape index (κ2) is 10.5. The molecule has 1 unspecified atom stereocenters. The number of rotatable bonds is 7. The Bertz CT molecular complexity index is 647. The molecule has 0 amide bonds. The molecule has 1 aromatic carbocycles. The standard InChI is InChI=1S/C22H35N5O/c1-18(2)16-26-12-13-28-21(17-26)15-25-22(23-3)24-14-19-6-8-20(9-7-19)27-10-4-5-11-27/h4-9,18,21H,10-17H2,1-3H3,(H2,23,24,25). The minimum Gasteiger partial charge on any atom is -0.374 e. The average Bonchev–Trinajstić information content (AvgIpc) is 3.23. The maximum atomic E-state index is 5.91. The maximum absolute atomic E-state index is 5.91. The van der Waals surface area contributed by atoms with Crippen LogP contribution in [-0.4, -0.2) is 69.9 Å². The van der Waals surface area contributed by atoms with Gasteiger partial charge in [-0.05, 0) is 23.6 Å². The SMILES string of the molecule is CN=C(NCc1ccc(N2CC=CC2)cc1)NCC1CN(CC(C)C)CCO1. The monoisotopic (exact) mass is 385 g/mol. The van der Waals surface area contributed by atoms with Crippen molar-refractivity contribution in [1.29, 1.82) is 0 Å². The van der Waals surface area contributed by atoms with E-state index >= 15 is 0 Å². The molecule has 0 saturated carbocycles. The van der Waals surface area contributed by atoms with E-state index in [-0.39, 0.29) is 6.10 Å². The zero-order chi connectivity index (χ0) is 19.8. The number of anilines is 1. The predicted octanol–water partition coefficient (Wildman–Crippen LogP) is 2.08. The summed E-state index contributed by atoms with van der Waals surface area (Å²) in [6, 6.07) is 8.75. The van der Waals surface area contributed by atoms with Crippen LogP contribution in [0.2, 0.25) is 0 Å². The van der Waals surface area contributed by atoms with Crippen molar-refractivity contribution >= 4 is 11.6 Å².